The topological polar surface area (TPSA) is 58.2 Å². The minimum atomic E-state index is -0.552. The van der Waals surface area contributed by atoms with E-state index in [1.165, 1.54) is 11.8 Å². The Balaban J connectivity index is 1.61. The van der Waals surface area contributed by atoms with E-state index in [1.54, 1.807) is 0 Å². The molecule has 1 unspecified atom stereocenters. The van der Waals surface area contributed by atoms with Gasteiger partial charge < -0.3 is 10.6 Å². The summed E-state index contributed by atoms with van der Waals surface area (Å²) in [7, 11) is 0. The van der Waals surface area contributed by atoms with Gasteiger partial charge in [0, 0.05) is 21.8 Å². The van der Waals surface area contributed by atoms with E-state index < -0.39 is 6.04 Å². The first-order valence-electron chi connectivity index (χ1n) is 9.45. The van der Waals surface area contributed by atoms with Crippen molar-refractivity contribution in [2.45, 2.75) is 50.1 Å². The Morgan fingerprint density at radius 1 is 1.14 bits per heavy atom. The first-order chi connectivity index (χ1) is 13.4. The van der Waals surface area contributed by atoms with Gasteiger partial charge in [0.1, 0.15) is 6.04 Å². The van der Waals surface area contributed by atoms with E-state index in [0.29, 0.717) is 6.42 Å². The van der Waals surface area contributed by atoms with Crippen molar-refractivity contribution in [2.75, 3.05) is 5.75 Å². The van der Waals surface area contributed by atoms with Gasteiger partial charge >= 0.3 is 0 Å². The molecule has 0 aromatic heterocycles. The largest absolute Gasteiger partial charge is 0.352 e. The number of benzene rings is 2. The molecule has 0 heterocycles. The molecule has 6 heteroatoms. The lowest BCUT2D eigenvalue weighted by Gasteiger charge is -2.19. The molecule has 0 saturated heterocycles. The standard InChI is InChI=1S/C22H25BrN2O2S/c1-14-11-20(15(2)10-18(14)23)28-13-21(26)25-19(22(27)24-17-8-9-17)12-16-6-4-3-5-7-16/h3-7,10-11,17,19H,8-9,12-13H2,1-2H3,(H,24,27)(H,25,26). The van der Waals surface area contributed by atoms with E-state index in [9.17, 15) is 9.59 Å². The van der Waals surface area contributed by atoms with E-state index in [0.717, 1.165) is 38.9 Å². The third-order valence-corrected chi connectivity index (χ3v) is 6.68. The molecule has 0 aliphatic heterocycles. The van der Waals surface area contributed by atoms with Crippen molar-refractivity contribution in [3.05, 3.63) is 63.6 Å². The summed E-state index contributed by atoms with van der Waals surface area (Å²) < 4.78 is 1.07. The number of amides is 2. The average Bonchev–Trinajstić information content (AvgIpc) is 3.48. The highest BCUT2D eigenvalue weighted by atomic mass is 79.9. The maximum atomic E-state index is 12.6. The first-order valence-corrected chi connectivity index (χ1v) is 11.2. The van der Waals surface area contributed by atoms with Crippen LogP contribution in [0.2, 0.25) is 0 Å². The Labute approximate surface area is 179 Å². The second-order valence-corrected chi connectivity index (χ2v) is 9.12. The molecule has 0 spiro atoms. The van der Waals surface area contributed by atoms with Crippen molar-refractivity contribution in [1.29, 1.82) is 0 Å². The van der Waals surface area contributed by atoms with Crippen LogP contribution in [0, 0.1) is 13.8 Å². The molecule has 28 heavy (non-hydrogen) atoms. The van der Waals surface area contributed by atoms with Crippen LogP contribution >= 0.6 is 27.7 Å². The molecule has 148 valence electrons. The second-order valence-electron chi connectivity index (χ2n) is 7.25. The van der Waals surface area contributed by atoms with Crippen LogP contribution < -0.4 is 10.6 Å². The van der Waals surface area contributed by atoms with Gasteiger partial charge in [-0.15, -0.1) is 11.8 Å². The molecule has 2 N–H and O–H groups in total. The fraction of sp³-hybridized carbons (Fsp3) is 0.364. The number of thioether (sulfide) groups is 1. The van der Waals surface area contributed by atoms with Crippen molar-refractivity contribution in [3.63, 3.8) is 0 Å². The Morgan fingerprint density at radius 2 is 1.86 bits per heavy atom. The summed E-state index contributed by atoms with van der Waals surface area (Å²) >= 11 is 5.03. The number of carbonyl (C=O) groups excluding carboxylic acids is 2. The highest BCUT2D eigenvalue weighted by Crippen LogP contribution is 2.28. The summed E-state index contributed by atoms with van der Waals surface area (Å²) in [6.07, 6.45) is 2.54. The molecular formula is C22H25BrN2O2S. The normalized spacial score (nSPS) is 14.4. The number of aryl methyl sites for hydroxylation is 2. The van der Waals surface area contributed by atoms with E-state index in [2.05, 4.69) is 38.7 Å². The second kappa shape index (κ2) is 9.61. The lowest BCUT2D eigenvalue weighted by Crippen LogP contribution is -2.49. The molecule has 2 aromatic rings. The van der Waals surface area contributed by atoms with Crippen LogP contribution in [0.25, 0.3) is 0 Å². The van der Waals surface area contributed by atoms with Crippen molar-refractivity contribution in [2.24, 2.45) is 0 Å². The van der Waals surface area contributed by atoms with E-state index >= 15 is 0 Å². The van der Waals surface area contributed by atoms with Crippen molar-refractivity contribution in [3.8, 4) is 0 Å². The van der Waals surface area contributed by atoms with Gasteiger partial charge in [-0.2, -0.15) is 0 Å². The van der Waals surface area contributed by atoms with E-state index in [-0.39, 0.29) is 23.6 Å². The number of carbonyl (C=O) groups is 2. The zero-order valence-electron chi connectivity index (χ0n) is 16.1. The molecule has 1 aliphatic carbocycles. The van der Waals surface area contributed by atoms with Crippen LogP contribution in [0.3, 0.4) is 0 Å². The predicted molar refractivity (Wildman–Crippen MR) is 118 cm³/mol. The molecule has 2 amide bonds. The highest BCUT2D eigenvalue weighted by molar-refractivity contribution is 9.10. The van der Waals surface area contributed by atoms with Crippen molar-refractivity contribution in [1.82, 2.24) is 10.6 Å². The van der Waals surface area contributed by atoms with Gasteiger partial charge in [-0.25, -0.2) is 0 Å². The van der Waals surface area contributed by atoms with Crippen LogP contribution in [-0.2, 0) is 16.0 Å². The number of hydrogen-bond donors (Lipinski definition) is 2. The Bertz CT molecular complexity index is 853. The Kier molecular flexibility index (Phi) is 7.18. The van der Waals surface area contributed by atoms with Gasteiger partial charge in [-0.1, -0.05) is 46.3 Å². The third-order valence-electron chi connectivity index (χ3n) is 4.67. The Morgan fingerprint density at radius 3 is 2.54 bits per heavy atom. The van der Waals surface area contributed by atoms with Crippen LogP contribution in [0.5, 0.6) is 0 Å². The first kappa shape index (κ1) is 20.9. The van der Waals surface area contributed by atoms with Crippen LogP contribution in [0.4, 0.5) is 0 Å². The molecule has 1 saturated carbocycles. The fourth-order valence-corrected chi connectivity index (χ4v) is 4.25. The number of hydrogen-bond acceptors (Lipinski definition) is 3. The smallest absolute Gasteiger partial charge is 0.243 e. The lowest BCUT2D eigenvalue weighted by molar-refractivity contribution is -0.128. The average molecular weight is 461 g/mol. The maximum Gasteiger partial charge on any atom is 0.243 e. The minimum absolute atomic E-state index is 0.0969. The Hall–Kier alpha value is -1.79. The molecule has 2 aromatic carbocycles. The maximum absolute atomic E-state index is 12.6. The summed E-state index contributed by atoms with van der Waals surface area (Å²) in [4.78, 5) is 26.3. The minimum Gasteiger partial charge on any atom is -0.352 e. The molecule has 1 aliphatic rings. The quantitative estimate of drug-likeness (QED) is 0.581. The third kappa shape index (κ3) is 6.11. The van der Waals surface area contributed by atoms with E-state index in [1.807, 2.05) is 44.2 Å². The lowest BCUT2D eigenvalue weighted by atomic mass is 10.1. The van der Waals surface area contributed by atoms with Crippen LogP contribution in [0.15, 0.2) is 51.8 Å². The molecule has 3 rings (SSSR count). The summed E-state index contributed by atoms with van der Waals surface area (Å²) in [5.74, 6) is 0.0569. The monoisotopic (exact) mass is 460 g/mol. The van der Waals surface area contributed by atoms with Gasteiger partial charge in [0.15, 0.2) is 0 Å². The molecular weight excluding hydrogens is 436 g/mol. The molecule has 1 fully saturated rings. The van der Waals surface area contributed by atoms with Gasteiger partial charge in [0.05, 0.1) is 5.75 Å². The number of nitrogens with one attached hydrogen (secondary N) is 2. The zero-order valence-corrected chi connectivity index (χ0v) is 18.5. The molecule has 4 nitrogen and oxygen atoms in total. The number of rotatable bonds is 8. The van der Waals surface area contributed by atoms with Gasteiger partial charge in [0.25, 0.3) is 0 Å². The SMILES string of the molecule is Cc1cc(SCC(=O)NC(Cc2ccccc2)C(=O)NC2CC2)c(C)cc1Br. The van der Waals surface area contributed by atoms with Gasteiger partial charge in [-0.3, -0.25) is 9.59 Å². The van der Waals surface area contributed by atoms with Crippen molar-refractivity contribution >= 4 is 39.5 Å². The summed E-state index contributed by atoms with van der Waals surface area (Å²) in [6.45, 7) is 4.07. The summed E-state index contributed by atoms with van der Waals surface area (Å²) in [6, 6.07) is 13.7. The summed E-state index contributed by atoms with van der Waals surface area (Å²) in [5.41, 5.74) is 3.30. The summed E-state index contributed by atoms with van der Waals surface area (Å²) in [5, 5.41) is 5.94. The fourth-order valence-electron chi connectivity index (χ4n) is 2.88. The van der Waals surface area contributed by atoms with Crippen LogP contribution in [0.1, 0.15) is 29.5 Å². The van der Waals surface area contributed by atoms with E-state index in [4.69, 9.17) is 0 Å². The van der Waals surface area contributed by atoms with Gasteiger partial charge in [0.2, 0.25) is 11.8 Å². The van der Waals surface area contributed by atoms with Gasteiger partial charge in [-0.05, 0) is 55.5 Å². The number of halogens is 1. The molecule has 0 bridgehead atoms. The molecule has 0 radical (unpaired) electrons. The zero-order chi connectivity index (χ0) is 20.1. The molecule has 1 atom stereocenters. The van der Waals surface area contributed by atoms with Crippen LogP contribution in [-0.4, -0.2) is 29.7 Å². The highest BCUT2D eigenvalue weighted by Gasteiger charge is 2.28. The predicted octanol–water partition coefficient (Wildman–Crippen LogP) is 4.16. The van der Waals surface area contributed by atoms with Crippen molar-refractivity contribution < 1.29 is 9.59 Å².